The average Bonchev–Trinajstić information content (AvgIpc) is 2.36. The van der Waals surface area contributed by atoms with Crippen LogP contribution in [0.2, 0.25) is 0 Å². The van der Waals surface area contributed by atoms with Crippen molar-refractivity contribution >= 4 is 31.1 Å². The first-order valence-electron chi connectivity index (χ1n) is 5.57. The van der Waals surface area contributed by atoms with Gasteiger partial charge in [0.25, 0.3) is 0 Å². The van der Waals surface area contributed by atoms with Crippen molar-refractivity contribution in [3.05, 3.63) is 41.6 Å². The Bertz CT molecular complexity index is 625. The molecular weight excluding hydrogens is 322 g/mol. The van der Waals surface area contributed by atoms with E-state index in [0.717, 1.165) is 6.07 Å². The van der Waals surface area contributed by atoms with Gasteiger partial charge in [0.15, 0.2) is 0 Å². The molecule has 0 spiro atoms. The molecule has 0 unspecified atom stereocenters. The van der Waals surface area contributed by atoms with Crippen LogP contribution in [0.4, 0.5) is 13.2 Å². The van der Waals surface area contributed by atoms with E-state index in [4.69, 9.17) is 4.74 Å². The molecule has 0 radical (unpaired) electrons. The maximum absolute atomic E-state index is 13.1. The Labute approximate surface area is 116 Å². The number of para-hydroxylation sites is 1. The zero-order valence-electron chi connectivity index (χ0n) is 9.99. The van der Waals surface area contributed by atoms with Crippen molar-refractivity contribution < 1.29 is 17.9 Å². The summed E-state index contributed by atoms with van der Waals surface area (Å²) in [5, 5.41) is 0.0862. The zero-order chi connectivity index (χ0) is 14.0. The fraction of sp³-hybridized carbons (Fsp3) is 0.231. The molecule has 0 bridgehead atoms. The first-order chi connectivity index (χ1) is 8.93. The minimum absolute atomic E-state index is 0.0862. The summed E-state index contributed by atoms with van der Waals surface area (Å²) in [5.41, 5.74) is -0.256. The molecule has 6 heteroatoms. The van der Waals surface area contributed by atoms with Crippen molar-refractivity contribution in [3.63, 3.8) is 0 Å². The Morgan fingerprint density at radius 3 is 2.63 bits per heavy atom. The molecule has 0 aliphatic rings. The third kappa shape index (κ3) is 2.96. The predicted molar refractivity (Wildman–Crippen MR) is 68.2 cm³/mol. The number of rotatable bonds is 3. The number of fused-ring (bicyclic) bond motifs is 1. The first kappa shape index (κ1) is 14.0. The maximum atomic E-state index is 13.1. The second kappa shape index (κ2) is 5.31. The van der Waals surface area contributed by atoms with Gasteiger partial charge in [-0.3, -0.25) is 0 Å². The Kier molecular flexibility index (Phi) is 3.92. The van der Waals surface area contributed by atoms with Crippen LogP contribution in [0.15, 0.2) is 30.3 Å². The molecule has 2 aromatic rings. The molecule has 1 heterocycles. The number of hydrogen-bond donors (Lipinski definition) is 0. The van der Waals surface area contributed by atoms with Gasteiger partial charge in [-0.05, 0) is 0 Å². The zero-order valence-corrected chi connectivity index (χ0v) is 11.7. The molecule has 100 valence electrons. The fourth-order valence-corrected chi connectivity index (χ4v) is 2.19. The van der Waals surface area contributed by atoms with Gasteiger partial charge in [-0.2, -0.15) is 0 Å². The molecule has 0 saturated carbocycles. The van der Waals surface area contributed by atoms with Crippen LogP contribution in [0, 0.1) is 0 Å². The van der Waals surface area contributed by atoms with Crippen LogP contribution in [0.25, 0.3) is 10.9 Å². The van der Waals surface area contributed by atoms with Crippen molar-refractivity contribution in [1.82, 2.24) is 4.98 Å². The van der Waals surface area contributed by atoms with Crippen LogP contribution in [-0.4, -0.2) is 31.8 Å². The number of nitrogens with zero attached hydrogens (tertiary/aromatic N) is 1. The summed E-state index contributed by atoms with van der Waals surface area (Å²) < 4.78 is 44.6. The summed E-state index contributed by atoms with van der Waals surface area (Å²) in [5.74, 6) is 0. The van der Waals surface area contributed by atoms with Crippen molar-refractivity contribution in [2.45, 2.75) is 13.1 Å². The summed E-state index contributed by atoms with van der Waals surface area (Å²) in [6.45, 7) is 2.11. The standard InChI is InChI=1S/C13H10F3NOSe/c1-2-18-12(19)11-7-9(13(14,15)16)8-5-3-4-6-10(8)17-11/h3-7H,2H2,1H3. The number of halogens is 3. The van der Waals surface area contributed by atoms with E-state index >= 15 is 0 Å². The van der Waals surface area contributed by atoms with Gasteiger partial charge in [0, 0.05) is 0 Å². The van der Waals surface area contributed by atoms with Gasteiger partial charge in [0.1, 0.15) is 0 Å². The summed E-state index contributed by atoms with van der Waals surface area (Å²) in [6, 6.07) is 7.18. The molecule has 2 rings (SSSR count). The Morgan fingerprint density at radius 2 is 2.00 bits per heavy atom. The van der Waals surface area contributed by atoms with Crippen LogP contribution in [0.3, 0.4) is 0 Å². The minimum atomic E-state index is -4.43. The van der Waals surface area contributed by atoms with E-state index in [9.17, 15) is 13.2 Å². The fourth-order valence-electron chi connectivity index (χ4n) is 1.72. The number of alkyl halides is 3. The van der Waals surface area contributed by atoms with Gasteiger partial charge in [0.05, 0.1) is 0 Å². The van der Waals surface area contributed by atoms with E-state index in [0.29, 0.717) is 12.1 Å². The summed E-state index contributed by atoms with van der Waals surface area (Å²) in [6.07, 6.45) is -4.43. The normalized spacial score (nSPS) is 11.6. The Morgan fingerprint density at radius 1 is 1.32 bits per heavy atom. The Balaban J connectivity index is 2.67. The van der Waals surface area contributed by atoms with Crippen LogP contribution in [0.1, 0.15) is 18.2 Å². The number of aromatic nitrogens is 1. The van der Waals surface area contributed by atoms with E-state index in [1.807, 2.05) is 0 Å². The molecule has 0 fully saturated rings. The monoisotopic (exact) mass is 333 g/mol. The van der Waals surface area contributed by atoms with E-state index in [1.165, 1.54) is 6.07 Å². The van der Waals surface area contributed by atoms with Gasteiger partial charge in [-0.15, -0.1) is 0 Å². The number of benzene rings is 1. The quantitative estimate of drug-likeness (QED) is 0.807. The summed E-state index contributed by atoms with van der Waals surface area (Å²) >= 11 is 2.60. The number of ether oxygens (including phenoxy) is 1. The molecule has 0 saturated heterocycles. The van der Waals surface area contributed by atoms with Crippen LogP contribution >= 0.6 is 0 Å². The molecule has 0 amide bonds. The van der Waals surface area contributed by atoms with E-state index in [2.05, 4.69) is 20.6 Å². The molecule has 0 N–H and O–H groups in total. The topological polar surface area (TPSA) is 22.1 Å². The van der Waals surface area contributed by atoms with Crippen LogP contribution in [-0.2, 0) is 10.9 Å². The molecule has 0 atom stereocenters. The van der Waals surface area contributed by atoms with Crippen molar-refractivity contribution in [3.8, 4) is 0 Å². The van der Waals surface area contributed by atoms with Gasteiger partial charge in [-0.25, -0.2) is 0 Å². The molecule has 2 nitrogen and oxygen atoms in total. The molecule has 19 heavy (non-hydrogen) atoms. The molecule has 0 aliphatic carbocycles. The van der Waals surface area contributed by atoms with Gasteiger partial charge < -0.3 is 0 Å². The third-order valence-corrected chi connectivity index (χ3v) is 3.19. The summed E-state index contributed by atoms with van der Waals surface area (Å²) in [7, 11) is 0. The van der Waals surface area contributed by atoms with Crippen molar-refractivity contribution in [2.24, 2.45) is 0 Å². The van der Waals surface area contributed by atoms with E-state index < -0.39 is 11.7 Å². The average molecular weight is 332 g/mol. The second-order valence-corrected chi connectivity index (χ2v) is 4.57. The molecule has 1 aromatic heterocycles. The van der Waals surface area contributed by atoms with E-state index in [1.54, 1.807) is 25.1 Å². The van der Waals surface area contributed by atoms with Gasteiger partial charge >= 0.3 is 115 Å². The summed E-state index contributed by atoms with van der Waals surface area (Å²) in [4.78, 5) is 4.17. The molecular formula is C13H10F3NOSe. The van der Waals surface area contributed by atoms with Gasteiger partial charge in [0.2, 0.25) is 0 Å². The van der Waals surface area contributed by atoms with Crippen molar-refractivity contribution in [2.75, 3.05) is 6.61 Å². The predicted octanol–water partition coefficient (Wildman–Crippen LogP) is 2.94. The molecule has 0 aliphatic heterocycles. The third-order valence-electron chi connectivity index (χ3n) is 2.51. The van der Waals surface area contributed by atoms with Crippen LogP contribution < -0.4 is 0 Å². The van der Waals surface area contributed by atoms with Crippen LogP contribution in [0.5, 0.6) is 0 Å². The molecule has 1 aromatic carbocycles. The van der Waals surface area contributed by atoms with Crippen molar-refractivity contribution in [1.29, 1.82) is 0 Å². The SMILES string of the molecule is CCOC(=[Se])c1cc(C(F)(F)F)c2ccccc2n1. The number of pyridine rings is 1. The Hall–Kier alpha value is -1.39. The van der Waals surface area contributed by atoms with E-state index in [-0.39, 0.29) is 15.7 Å². The first-order valence-corrected chi connectivity index (χ1v) is 6.43. The second-order valence-electron chi connectivity index (χ2n) is 3.79. The van der Waals surface area contributed by atoms with Gasteiger partial charge in [-0.1, -0.05) is 0 Å². The number of hydrogen-bond acceptors (Lipinski definition) is 2.